The molecule has 2 N–H and O–H groups in total. The van der Waals surface area contributed by atoms with Gasteiger partial charge in [0, 0.05) is 12.6 Å². The van der Waals surface area contributed by atoms with Crippen LogP contribution in [0.15, 0.2) is 12.7 Å². The van der Waals surface area contributed by atoms with Crippen molar-refractivity contribution < 1.29 is 8.42 Å². The summed E-state index contributed by atoms with van der Waals surface area (Å²) in [5.74, 6) is 0. The SMILES string of the molecule is C=CCCC(CC)NCCCNS(C)(=O)=O. The van der Waals surface area contributed by atoms with Crippen LogP contribution < -0.4 is 10.0 Å². The van der Waals surface area contributed by atoms with Gasteiger partial charge in [0.2, 0.25) is 10.0 Å². The Bertz CT molecular complexity index is 276. The normalized spacial score (nSPS) is 13.6. The van der Waals surface area contributed by atoms with Crippen molar-refractivity contribution in [1.29, 1.82) is 0 Å². The highest BCUT2D eigenvalue weighted by molar-refractivity contribution is 7.88. The molecule has 1 unspecified atom stereocenters. The standard InChI is InChI=1S/C11H24N2O2S/c1-4-6-8-11(5-2)12-9-7-10-13-16(3,14)15/h4,11-13H,1,5-10H2,2-3H3. The minimum Gasteiger partial charge on any atom is -0.314 e. The van der Waals surface area contributed by atoms with Crippen molar-refractivity contribution in [3.63, 3.8) is 0 Å². The fraction of sp³-hybridized carbons (Fsp3) is 0.818. The van der Waals surface area contributed by atoms with Crippen LogP contribution in [0, 0.1) is 0 Å². The van der Waals surface area contributed by atoms with Gasteiger partial charge in [0.15, 0.2) is 0 Å². The Labute approximate surface area is 99.6 Å². The fourth-order valence-corrected chi connectivity index (χ4v) is 1.94. The van der Waals surface area contributed by atoms with E-state index in [-0.39, 0.29) is 0 Å². The summed E-state index contributed by atoms with van der Waals surface area (Å²) in [7, 11) is -3.04. The van der Waals surface area contributed by atoms with Gasteiger partial charge in [0.25, 0.3) is 0 Å². The Kier molecular flexibility index (Phi) is 8.51. The van der Waals surface area contributed by atoms with Gasteiger partial charge in [-0.05, 0) is 32.2 Å². The van der Waals surface area contributed by atoms with Crippen molar-refractivity contribution in [3.8, 4) is 0 Å². The molecule has 0 saturated heterocycles. The summed E-state index contributed by atoms with van der Waals surface area (Å²) in [5.41, 5.74) is 0. The van der Waals surface area contributed by atoms with Crippen molar-refractivity contribution in [2.24, 2.45) is 0 Å². The summed E-state index contributed by atoms with van der Waals surface area (Å²) in [6.45, 7) is 7.20. The molecule has 0 fully saturated rings. The second kappa shape index (κ2) is 8.73. The van der Waals surface area contributed by atoms with Crippen LogP contribution in [0.25, 0.3) is 0 Å². The molecule has 0 heterocycles. The van der Waals surface area contributed by atoms with Crippen LogP contribution in [-0.2, 0) is 10.0 Å². The van der Waals surface area contributed by atoms with E-state index in [0.29, 0.717) is 12.6 Å². The average Bonchev–Trinajstić information content (AvgIpc) is 2.20. The van der Waals surface area contributed by atoms with Crippen molar-refractivity contribution in [2.45, 2.75) is 38.6 Å². The quantitative estimate of drug-likeness (QED) is 0.452. The number of hydrogen-bond acceptors (Lipinski definition) is 3. The molecule has 16 heavy (non-hydrogen) atoms. The average molecular weight is 248 g/mol. The molecule has 0 aromatic carbocycles. The zero-order chi connectivity index (χ0) is 12.4. The third-order valence-electron chi connectivity index (χ3n) is 2.36. The van der Waals surface area contributed by atoms with Gasteiger partial charge in [0.05, 0.1) is 6.26 Å². The Morgan fingerprint density at radius 2 is 2.06 bits per heavy atom. The van der Waals surface area contributed by atoms with E-state index in [9.17, 15) is 8.42 Å². The van der Waals surface area contributed by atoms with Gasteiger partial charge in [-0.1, -0.05) is 13.0 Å². The number of allylic oxidation sites excluding steroid dienone is 1. The lowest BCUT2D eigenvalue weighted by molar-refractivity contribution is 0.465. The Hall–Kier alpha value is -0.390. The van der Waals surface area contributed by atoms with Gasteiger partial charge in [-0.3, -0.25) is 0 Å². The van der Waals surface area contributed by atoms with Gasteiger partial charge in [-0.2, -0.15) is 0 Å². The maximum atomic E-state index is 10.8. The summed E-state index contributed by atoms with van der Waals surface area (Å²) < 4.78 is 24.0. The molecule has 4 nitrogen and oxygen atoms in total. The first-order valence-corrected chi connectivity index (χ1v) is 7.67. The van der Waals surface area contributed by atoms with Gasteiger partial charge in [0.1, 0.15) is 0 Å². The lowest BCUT2D eigenvalue weighted by Gasteiger charge is -2.15. The Morgan fingerprint density at radius 3 is 2.56 bits per heavy atom. The van der Waals surface area contributed by atoms with E-state index in [1.54, 1.807) is 0 Å². The van der Waals surface area contributed by atoms with Crippen LogP contribution in [0.5, 0.6) is 0 Å². The van der Waals surface area contributed by atoms with E-state index in [1.807, 2.05) is 6.08 Å². The van der Waals surface area contributed by atoms with Crippen LogP contribution in [0.3, 0.4) is 0 Å². The van der Waals surface area contributed by atoms with Crippen LogP contribution >= 0.6 is 0 Å². The van der Waals surface area contributed by atoms with E-state index < -0.39 is 10.0 Å². The molecule has 96 valence electrons. The molecule has 0 rings (SSSR count). The van der Waals surface area contributed by atoms with Gasteiger partial charge >= 0.3 is 0 Å². The maximum Gasteiger partial charge on any atom is 0.208 e. The molecular formula is C11H24N2O2S. The Morgan fingerprint density at radius 1 is 1.38 bits per heavy atom. The molecule has 0 spiro atoms. The smallest absolute Gasteiger partial charge is 0.208 e. The van der Waals surface area contributed by atoms with E-state index in [0.717, 1.165) is 32.2 Å². The first-order chi connectivity index (χ1) is 7.49. The highest BCUT2D eigenvalue weighted by Gasteiger charge is 2.04. The minimum atomic E-state index is -3.04. The predicted octanol–water partition coefficient (Wildman–Crippen LogP) is 1.26. The van der Waals surface area contributed by atoms with E-state index in [4.69, 9.17) is 0 Å². The Balaban J connectivity index is 3.51. The molecule has 1 atom stereocenters. The van der Waals surface area contributed by atoms with Gasteiger partial charge in [-0.25, -0.2) is 13.1 Å². The number of rotatable bonds is 10. The molecule has 0 aromatic heterocycles. The van der Waals surface area contributed by atoms with Crippen molar-refractivity contribution in [2.75, 3.05) is 19.3 Å². The molecule has 0 aliphatic carbocycles. The maximum absolute atomic E-state index is 10.8. The molecule has 0 amide bonds. The summed E-state index contributed by atoms with van der Waals surface area (Å²) >= 11 is 0. The van der Waals surface area contributed by atoms with Crippen LogP contribution in [0.2, 0.25) is 0 Å². The molecule has 0 aromatic rings. The van der Waals surface area contributed by atoms with E-state index in [1.165, 1.54) is 6.26 Å². The first kappa shape index (κ1) is 15.6. The second-order valence-corrected chi connectivity index (χ2v) is 5.78. The monoisotopic (exact) mass is 248 g/mol. The highest BCUT2D eigenvalue weighted by Crippen LogP contribution is 2.01. The van der Waals surface area contributed by atoms with Crippen molar-refractivity contribution in [3.05, 3.63) is 12.7 Å². The van der Waals surface area contributed by atoms with Crippen molar-refractivity contribution >= 4 is 10.0 Å². The number of hydrogen-bond donors (Lipinski definition) is 2. The summed E-state index contributed by atoms with van der Waals surface area (Å²) in [4.78, 5) is 0. The molecule has 0 saturated carbocycles. The van der Waals surface area contributed by atoms with Crippen molar-refractivity contribution in [1.82, 2.24) is 10.0 Å². The van der Waals surface area contributed by atoms with Gasteiger partial charge < -0.3 is 5.32 Å². The summed E-state index contributed by atoms with van der Waals surface area (Å²) in [6.07, 6.45) is 7.13. The third-order valence-corrected chi connectivity index (χ3v) is 3.09. The third kappa shape index (κ3) is 10.1. The lowest BCUT2D eigenvalue weighted by Crippen LogP contribution is -2.32. The summed E-state index contributed by atoms with van der Waals surface area (Å²) in [6, 6.07) is 0.510. The van der Waals surface area contributed by atoms with E-state index >= 15 is 0 Å². The zero-order valence-electron chi connectivity index (χ0n) is 10.3. The fourth-order valence-electron chi connectivity index (χ4n) is 1.42. The van der Waals surface area contributed by atoms with Crippen LogP contribution in [0.1, 0.15) is 32.6 Å². The summed E-state index contributed by atoms with van der Waals surface area (Å²) in [5, 5.41) is 3.41. The minimum absolute atomic E-state index is 0.504. The van der Waals surface area contributed by atoms with Crippen LogP contribution in [-0.4, -0.2) is 33.8 Å². The molecule has 5 heteroatoms. The molecule has 0 aliphatic rings. The largest absolute Gasteiger partial charge is 0.314 e. The lowest BCUT2D eigenvalue weighted by atomic mass is 10.1. The topological polar surface area (TPSA) is 58.2 Å². The number of nitrogens with one attached hydrogen (secondary N) is 2. The molecular weight excluding hydrogens is 224 g/mol. The van der Waals surface area contributed by atoms with Gasteiger partial charge in [-0.15, -0.1) is 6.58 Å². The van der Waals surface area contributed by atoms with Crippen LogP contribution in [0.4, 0.5) is 0 Å². The second-order valence-electron chi connectivity index (χ2n) is 3.95. The predicted molar refractivity (Wildman–Crippen MR) is 69.0 cm³/mol. The first-order valence-electron chi connectivity index (χ1n) is 5.78. The molecule has 0 radical (unpaired) electrons. The number of sulfonamides is 1. The molecule has 0 bridgehead atoms. The zero-order valence-corrected chi connectivity index (χ0v) is 11.1. The van der Waals surface area contributed by atoms with E-state index in [2.05, 4.69) is 23.5 Å². The molecule has 0 aliphatic heterocycles. The highest BCUT2D eigenvalue weighted by atomic mass is 32.2.